The summed E-state index contributed by atoms with van der Waals surface area (Å²) in [5.41, 5.74) is 0. The minimum Gasteiger partial charge on any atom is -0.455 e. The topological polar surface area (TPSA) is 52.6 Å². The Kier molecular flexibility index (Phi) is 13.1. The fraction of sp³-hybridized carbons (Fsp3) is 0.913. The van der Waals surface area contributed by atoms with E-state index < -0.39 is 42.9 Å². The molecule has 0 bridgehead atoms. The van der Waals surface area contributed by atoms with E-state index in [1.807, 2.05) is 27.7 Å². The zero-order valence-electron chi connectivity index (χ0n) is 21.8. The van der Waals surface area contributed by atoms with Gasteiger partial charge in [0.2, 0.25) is 0 Å². The van der Waals surface area contributed by atoms with Crippen molar-refractivity contribution in [1.82, 2.24) is 0 Å². The Morgan fingerprint density at radius 3 is 1.09 bits per heavy atom. The highest BCUT2D eigenvalue weighted by Crippen LogP contribution is 2.46. The van der Waals surface area contributed by atoms with Crippen molar-refractivity contribution >= 4 is 11.9 Å². The molecule has 0 fully saturated rings. The van der Waals surface area contributed by atoms with Gasteiger partial charge in [0.05, 0.1) is 40.3 Å². The quantitative estimate of drug-likeness (QED) is 0.150. The summed E-state index contributed by atoms with van der Waals surface area (Å²) in [5, 5.41) is 0. The zero-order valence-corrected chi connectivity index (χ0v) is 21.8. The lowest BCUT2D eigenvalue weighted by Gasteiger charge is -2.35. The molecule has 0 heterocycles. The molecule has 0 rings (SSSR count). The third-order valence-corrected chi connectivity index (χ3v) is 5.82. The van der Waals surface area contributed by atoms with Gasteiger partial charge in [0.15, 0.2) is 26.3 Å². The van der Waals surface area contributed by atoms with Gasteiger partial charge in [0.1, 0.15) is 0 Å². The van der Waals surface area contributed by atoms with Gasteiger partial charge >= 0.3 is 29.7 Å². The average Bonchev–Trinajstić information content (AvgIpc) is 2.71. The van der Waals surface area contributed by atoms with Gasteiger partial charge < -0.3 is 18.4 Å². The van der Waals surface area contributed by atoms with E-state index in [0.717, 1.165) is 0 Å². The molecule has 0 aliphatic rings. The summed E-state index contributed by atoms with van der Waals surface area (Å²) < 4.78 is 93.7. The number of esters is 2. The van der Waals surface area contributed by atoms with E-state index >= 15 is 0 Å². The van der Waals surface area contributed by atoms with E-state index in [9.17, 15) is 35.9 Å². The first-order valence-electron chi connectivity index (χ1n) is 12.1. The molecule has 35 heavy (non-hydrogen) atoms. The molecule has 0 spiro atoms. The lowest BCUT2D eigenvalue weighted by molar-refractivity contribution is -0.902. The highest BCUT2D eigenvalue weighted by atomic mass is 19.3. The molecule has 0 aromatic carbocycles. The fourth-order valence-electron chi connectivity index (χ4n) is 4.20. The number of rotatable bonds is 18. The standard InChI is InChI=1S/C23H42F6N2O4/c1-7-11-30(5,12-8-2)15-19(32)34-17-21(24,25)23(28,29)22(26,27)18-35-20(33)16-31(6,13-9-3)14-10-4/h7-18H2,1-6H3/q+2. The van der Waals surface area contributed by atoms with Gasteiger partial charge in [-0.1, -0.05) is 27.7 Å². The third-order valence-electron chi connectivity index (χ3n) is 5.82. The van der Waals surface area contributed by atoms with Crippen LogP contribution < -0.4 is 0 Å². The predicted octanol–water partition coefficient (Wildman–Crippen LogP) is 4.51. The second-order valence-corrected chi connectivity index (χ2v) is 9.75. The Morgan fingerprint density at radius 2 is 0.857 bits per heavy atom. The van der Waals surface area contributed by atoms with Crippen LogP contribution in [0.5, 0.6) is 0 Å². The van der Waals surface area contributed by atoms with Crippen LogP contribution in [0.1, 0.15) is 53.4 Å². The van der Waals surface area contributed by atoms with Crippen LogP contribution in [0.3, 0.4) is 0 Å². The molecular weight excluding hydrogens is 482 g/mol. The van der Waals surface area contributed by atoms with E-state index in [1.165, 1.54) is 0 Å². The summed E-state index contributed by atoms with van der Waals surface area (Å²) in [6.07, 6.45) is 2.71. The van der Waals surface area contributed by atoms with Crippen molar-refractivity contribution in [2.75, 3.05) is 66.6 Å². The smallest absolute Gasteiger partial charge is 0.378 e. The van der Waals surface area contributed by atoms with E-state index in [0.29, 0.717) is 51.9 Å². The van der Waals surface area contributed by atoms with Gasteiger partial charge in [-0.15, -0.1) is 0 Å². The maximum Gasteiger partial charge on any atom is 0.378 e. The first kappa shape index (κ1) is 33.4. The average molecular weight is 525 g/mol. The van der Waals surface area contributed by atoms with Crippen LogP contribution in [0.25, 0.3) is 0 Å². The lowest BCUT2D eigenvalue weighted by Crippen LogP contribution is -2.59. The summed E-state index contributed by atoms with van der Waals surface area (Å²) >= 11 is 0. The Morgan fingerprint density at radius 1 is 0.600 bits per heavy atom. The highest BCUT2D eigenvalue weighted by Gasteiger charge is 2.72. The van der Waals surface area contributed by atoms with Crippen LogP contribution in [0, 0.1) is 0 Å². The molecule has 0 saturated heterocycles. The van der Waals surface area contributed by atoms with Crippen molar-refractivity contribution in [2.24, 2.45) is 0 Å². The van der Waals surface area contributed by atoms with Crippen LogP contribution in [0.2, 0.25) is 0 Å². The van der Waals surface area contributed by atoms with Gasteiger partial charge in [0, 0.05) is 0 Å². The summed E-state index contributed by atoms with van der Waals surface area (Å²) in [7, 11) is 3.38. The van der Waals surface area contributed by atoms with Crippen molar-refractivity contribution in [1.29, 1.82) is 0 Å². The van der Waals surface area contributed by atoms with Gasteiger partial charge in [-0.2, -0.15) is 26.3 Å². The van der Waals surface area contributed by atoms with E-state index in [-0.39, 0.29) is 22.1 Å². The van der Waals surface area contributed by atoms with Crippen molar-refractivity contribution < 1.29 is 54.4 Å². The number of nitrogens with zero attached hydrogens (tertiary/aromatic N) is 2. The summed E-state index contributed by atoms with van der Waals surface area (Å²) in [6.45, 7) is 4.35. The van der Waals surface area contributed by atoms with Crippen molar-refractivity contribution in [3.8, 4) is 0 Å². The molecule has 0 aliphatic carbocycles. The Bertz CT molecular complexity index is 610. The minimum atomic E-state index is -5.92. The number of quaternary nitrogens is 2. The third kappa shape index (κ3) is 10.1. The Labute approximate surface area is 204 Å². The zero-order chi connectivity index (χ0) is 27.6. The second-order valence-electron chi connectivity index (χ2n) is 9.75. The number of hydrogen-bond donors (Lipinski definition) is 0. The number of ether oxygens (including phenoxy) is 2. The molecule has 6 nitrogen and oxygen atoms in total. The van der Waals surface area contributed by atoms with Gasteiger partial charge in [-0.05, 0) is 25.7 Å². The first-order chi connectivity index (χ1) is 15.9. The van der Waals surface area contributed by atoms with Gasteiger partial charge in [-0.25, -0.2) is 9.59 Å². The lowest BCUT2D eigenvalue weighted by atomic mass is 10.1. The van der Waals surface area contributed by atoms with Gasteiger partial charge in [-0.3, -0.25) is 0 Å². The molecular formula is C23H42F6N2O4+2. The Hall–Kier alpha value is -1.56. The number of likely N-dealkylation sites (N-methyl/N-ethyl adjacent to an activating group) is 2. The number of halogens is 6. The molecule has 208 valence electrons. The molecule has 0 N–H and O–H groups in total. The monoisotopic (exact) mass is 524 g/mol. The largest absolute Gasteiger partial charge is 0.455 e. The first-order valence-corrected chi connectivity index (χ1v) is 12.1. The number of carbonyl (C=O) groups excluding carboxylic acids is 2. The predicted molar refractivity (Wildman–Crippen MR) is 119 cm³/mol. The Balaban J connectivity index is 5.17. The molecule has 0 amide bonds. The number of hydrogen-bond acceptors (Lipinski definition) is 4. The van der Waals surface area contributed by atoms with Crippen LogP contribution in [-0.2, 0) is 19.1 Å². The SMILES string of the molecule is CCC[N+](C)(CCC)CC(=O)OCC(F)(F)C(F)(F)C(F)(F)COC(=O)C[N+](C)(CCC)CCC. The highest BCUT2D eigenvalue weighted by molar-refractivity contribution is 5.71. The van der Waals surface area contributed by atoms with E-state index in [4.69, 9.17) is 0 Å². The molecule has 0 aromatic heterocycles. The molecule has 0 saturated carbocycles. The fourth-order valence-corrected chi connectivity index (χ4v) is 4.20. The molecule has 0 aromatic rings. The summed E-state index contributed by atoms with van der Waals surface area (Å²) in [5.74, 6) is -19.1. The molecule has 0 radical (unpaired) electrons. The van der Waals surface area contributed by atoms with Crippen LogP contribution >= 0.6 is 0 Å². The number of alkyl halides is 6. The number of carbonyl (C=O) groups is 2. The van der Waals surface area contributed by atoms with Crippen molar-refractivity contribution in [2.45, 2.75) is 71.1 Å². The molecule has 0 aliphatic heterocycles. The van der Waals surface area contributed by atoms with E-state index in [1.54, 1.807) is 14.1 Å². The maximum absolute atomic E-state index is 14.1. The van der Waals surface area contributed by atoms with Crippen LogP contribution in [0.4, 0.5) is 26.3 Å². The molecule has 12 heteroatoms. The minimum absolute atomic E-state index is 0.146. The summed E-state index contributed by atoms with van der Waals surface area (Å²) in [6, 6.07) is 0. The van der Waals surface area contributed by atoms with Crippen LogP contribution in [0.15, 0.2) is 0 Å². The van der Waals surface area contributed by atoms with Crippen molar-refractivity contribution in [3.05, 3.63) is 0 Å². The molecule has 0 unspecified atom stereocenters. The summed E-state index contributed by atoms with van der Waals surface area (Å²) in [4.78, 5) is 24.0. The normalized spacial score (nSPS) is 13.6. The van der Waals surface area contributed by atoms with Gasteiger partial charge in [0.25, 0.3) is 0 Å². The molecule has 0 atom stereocenters. The maximum atomic E-state index is 14.1. The van der Waals surface area contributed by atoms with Crippen LogP contribution in [-0.4, -0.2) is 105 Å². The van der Waals surface area contributed by atoms with E-state index in [2.05, 4.69) is 9.47 Å². The van der Waals surface area contributed by atoms with Crippen molar-refractivity contribution in [3.63, 3.8) is 0 Å². The second kappa shape index (κ2) is 13.7.